The fourth-order valence-corrected chi connectivity index (χ4v) is 17.4. The van der Waals surface area contributed by atoms with Crippen LogP contribution in [0.2, 0.25) is 0 Å². The van der Waals surface area contributed by atoms with Crippen molar-refractivity contribution >= 4 is 173 Å². The average Bonchev–Trinajstić information content (AvgIpc) is 0.752. The molecule has 0 N–H and O–H groups in total. The second-order valence-electron chi connectivity index (χ2n) is 32.4. The van der Waals surface area contributed by atoms with Gasteiger partial charge in [-0.1, -0.05) is 273 Å². The molecule has 610 valence electrons. The molecule has 0 radical (unpaired) electrons. The first kappa shape index (κ1) is 80.6. The van der Waals surface area contributed by atoms with Crippen molar-refractivity contribution in [3.8, 4) is 39.4 Å². The van der Waals surface area contributed by atoms with Gasteiger partial charge in [0.1, 0.15) is 34.9 Å². The second kappa shape index (κ2) is 34.7. The van der Waals surface area contributed by atoms with E-state index in [-0.39, 0.29) is 32.7 Å². The number of para-hydroxylation sites is 1. The molecule has 0 fully saturated rings. The molecule has 21 aromatic rings. The van der Waals surface area contributed by atoms with Crippen LogP contribution in [-0.2, 0) is 0 Å². The lowest BCUT2D eigenvalue weighted by molar-refractivity contribution is 0.587. The number of anilines is 5. The Kier molecular flexibility index (Phi) is 22.0. The van der Waals surface area contributed by atoms with Gasteiger partial charge < -0.3 is 14.7 Å². The number of rotatable bonds is 14. The first-order chi connectivity index (χ1) is 61.9. The Morgan fingerprint density at radius 1 is 0.213 bits per heavy atom. The van der Waals surface area contributed by atoms with E-state index in [1.54, 1.807) is 0 Å². The van der Waals surface area contributed by atoms with E-state index in [1.165, 1.54) is 144 Å². The highest BCUT2D eigenvalue weighted by Gasteiger charge is 2.22. The van der Waals surface area contributed by atoms with Crippen LogP contribution in [0.1, 0.15) is 38.9 Å². The molecule has 0 atom stereocenters. The zero-order valence-corrected chi connectivity index (χ0v) is 69.8. The van der Waals surface area contributed by atoms with Gasteiger partial charge in [0, 0.05) is 90.3 Å². The molecule has 0 amide bonds. The van der Waals surface area contributed by atoms with Gasteiger partial charge in [0.15, 0.2) is 0 Å². The highest BCUT2D eigenvalue weighted by Crippen LogP contribution is 2.46. The van der Waals surface area contributed by atoms with Crippen molar-refractivity contribution in [2.75, 3.05) is 42.9 Å². The summed E-state index contributed by atoms with van der Waals surface area (Å²) in [6.45, 7) is 0. The van der Waals surface area contributed by atoms with Crippen molar-refractivity contribution in [3.63, 3.8) is 0 Å². The molecule has 0 saturated heterocycles. The Morgan fingerprint density at radius 2 is 0.559 bits per heavy atom. The van der Waals surface area contributed by atoms with Gasteiger partial charge >= 0.3 is 0 Å². The van der Waals surface area contributed by atoms with E-state index in [1.807, 2.05) is 0 Å². The van der Waals surface area contributed by atoms with Crippen LogP contribution in [0.3, 0.4) is 0 Å². The molecule has 0 heterocycles. The molecule has 0 spiro atoms. The van der Waals surface area contributed by atoms with Crippen LogP contribution in [0.5, 0.6) is 0 Å². The molecule has 0 bridgehead atoms. The minimum Gasteiger partial charge on any atom is -0.378 e. The maximum absolute atomic E-state index is 14.2. The standard InChI is InChI=1S/C49H32N2.C46H38N2.C22H10F6/c50-33-42-28-41-30-45(51(43-17-2-1-3-18-43)44-26-25-36-12-5-7-15-39(36)29-44)32-49(47-20-10-16-37-13-8-9-19-46(37)47)48(41)31-40(42)24-22-34-21-23-35-11-4-6-14-38(35)27-34;1-47(2)37-27-35-23-21-31(25-43(35)45(29-37)41-17-9-13-33-11-5-7-15-39(33)41)19-20-32-22-24-36-28-38(48(3)4)30-46(44(36)26-32)42-18-10-14-34-12-6-8-16-40(34)42;23-13-7-17-15(21(27)9-13)3-11(5-19(17)25)1-2-12-4-16-18(20(26)6-12)8-14(24)10-22(16)28/h1-32H;5-30H,1-4H3;1-10H/b24-22+;20-19+;2-1+. The van der Waals surface area contributed by atoms with Crippen molar-refractivity contribution in [3.05, 3.63) is 450 Å². The van der Waals surface area contributed by atoms with Gasteiger partial charge in [0.05, 0.1) is 11.6 Å². The molecule has 0 aliphatic carbocycles. The number of hydrogen-bond acceptors (Lipinski definition) is 4. The van der Waals surface area contributed by atoms with E-state index in [4.69, 9.17) is 0 Å². The Bertz CT molecular complexity index is 7790. The fourth-order valence-electron chi connectivity index (χ4n) is 17.4. The maximum Gasteiger partial charge on any atom is 0.134 e. The first-order valence-electron chi connectivity index (χ1n) is 42.0. The van der Waals surface area contributed by atoms with Gasteiger partial charge in [-0.25, -0.2) is 26.3 Å². The minimum absolute atomic E-state index is 0.104. The quantitative estimate of drug-likeness (QED) is 0.0803. The molecule has 21 aromatic carbocycles. The van der Waals surface area contributed by atoms with Crippen LogP contribution < -0.4 is 14.7 Å². The summed E-state index contributed by atoms with van der Waals surface area (Å²) in [5, 5.41) is 29.2. The van der Waals surface area contributed by atoms with Gasteiger partial charge in [-0.15, -0.1) is 0 Å². The summed E-state index contributed by atoms with van der Waals surface area (Å²) in [4.78, 5) is 6.70. The van der Waals surface area contributed by atoms with Crippen LogP contribution in [0.4, 0.5) is 54.8 Å². The number of nitriles is 1. The summed E-state index contributed by atoms with van der Waals surface area (Å²) in [6, 6.07) is 128. The summed E-state index contributed by atoms with van der Waals surface area (Å²) in [5.41, 5.74) is 18.3. The van der Waals surface area contributed by atoms with Crippen LogP contribution in [0.15, 0.2) is 376 Å². The predicted octanol–water partition coefficient (Wildman–Crippen LogP) is 32.4. The first-order valence-corrected chi connectivity index (χ1v) is 42.0. The number of fused-ring (bicyclic) bond motifs is 10. The smallest absolute Gasteiger partial charge is 0.134 e. The zero-order chi connectivity index (χ0) is 86.9. The zero-order valence-electron chi connectivity index (χ0n) is 69.8. The summed E-state index contributed by atoms with van der Waals surface area (Å²) in [5.74, 6) is -5.24. The topological polar surface area (TPSA) is 33.5 Å². The Hall–Kier alpha value is -16.1. The lowest BCUT2D eigenvalue weighted by Gasteiger charge is -2.27. The fraction of sp³-hybridized carbons (Fsp3) is 0.0342. The van der Waals surface area contributed by atoms with Crippen molar-refractivity contribution in [1.82, 2.24) is 0 Å². The van der Waals surface area contributed by atoms with Crippen molar-refractivity contribution in [2.24, 2.45) is 0 Å². The number of halogens is 6. The third-order valence-electron chi connectivity index (χ3n) is 23.8. The van der Waals surface area contributed by atoms with E-state index in [2.05, 4.69) is 401 Å². The van der Waals surface area contributed by atoms with E-state index in [9.17, 15) is 31.6 Å². The molecule has 0 aromatic heterocycles. The van der Waals surface area contributed by atoms with E-state index in [0.29, 0.717) is 17.7 Å². The molecular weight excluding hydrogens is 1580 g/mol. The molecule has 0 aliphatic heterocycles. The summed E-state index contributed by atoms with van der Waals surface area (Å²) >= 11 is 0. The van der Waals surface area contributed by atoms with E-state index < -0.39 is 34.9 Å². The molecule has 4 nitrogen and oxygen atoms in total. The van der Waals surface area contributed by atoms with Crippen LogP contribution in [-0.4, -0.2) is 28.2 Å². The van der Waals surface area contributed by atoms with Gasteiger partial charge in [-0.3, -0.25) is 0 Å². The van der Waals surface area contributed by atoms with Crippen molar-refractivity contribution < 1.29 is 26.3 Å². The summed E-state index contributed by atoms with van der Waals surface area (Å²) in [6.07, 6.45) is 11.4. The largest absolute Gasteiger partial charge is 0.378 e. The average molecular weight is 1660 g/mol. The Balaban J connectivity index is 0.000000129. The minimum atomic E-state index is -0.912. The number of nitrogens with zero attached hydrogens (tertiary/aromatic N) is 4. The predicted molar refractivity (Wildman–Crippen MR) is 525 cm³/mol. The van der Waals surface area contributed by atoms with E-state index in [0.717, 1.165) is 74.4 Å². The molecular formula is C117H80F6N4. The van der Waals surface area contributed by atoms with Crippen molar-refractivity contribution in [1.29, 1.82) is 5.26 Å². The summed E-state index contributed by atoms with van der Waals surface area (Å²) < 4.78 is 82.7. The molecule has 0 aliphatic rings. The molecule has 0 unspecified atom stereocenters. The van der Waals surface area contributed by atoms with Gasteiger partial charge in [0.25, 0.3) is 0 Å². The normalized spacial score (nSPS) is 11.6. The third kappa shape index (κ3) is 16.6. The maximum atomic E-state index is 14.2. The number of benzene rings is 21. The van der Waals surface area contributed by atoms with Gasteiger partial charge in [-0.05, 0) is 280 Å². The number of hydrogen-bond donors (Lipinski definition) is 0. The van der Waals surface area contributed by atoms with Gasteiger partial charge in [-0.2, -0.15) is 5.26 Å². The lowest BCUT2D eigenvalue weighted by atomic mass is 9.90. The SMILES string of the molecule is CN(C)c1cc(-c2cccc3ccccc23)c2cc(/C=C/c3ccc4cc(N(C)C)cc(-c5cccc6ccccc56)c4c3)ccc2c1.Fc1cc(F)c2cc(/C=C/c3cc(F)c4cc(F)cc(F)c4c3)cc(F)c2c1.N#Cc1cc2cc(N(c3ccccc3)c3ccc4ccccc4c3)cc(-c3cccc4ccccc34)c2cc1/C=C/c1ccc2ccccc2c1. The second-order valence-corrected chi connectivity index (χ2v) is 32.4. The van der Waals surface area contributed by atoms with Crippen molar-refractivity contribution in [2.45, 2.75) is 0 Å². The van der Waals surface area contributed by atoms with Crippen LogP contribution in [0, 0.1) is 46.2 Å². The highest BCUT2D eigenvalue weighted by atomic mass is 19.2. The van der Waals surface area contributed by atoms with Crippen LogP contribution >= 0.6 is 0 Å². The lowest BCUT2D eigenvalue weighted by Crippen LogP contribution is -2.10. The molecule has 21 rings (SSSR count). The third-order valence-corrected chi connectivity index (χ3v) is 23.8. The monoisotopic (exact) mass is 1650 g/mol. The molecule has 127 heavy (non-hydrogen) atoms. The van der Waals surface area contributed by atoms with E-state index >= 15 is 0 Å². The molecule has 0 saturated carbocycles. The summed E-state index contributed by atoms with van der Waals surface area (Å²) in [7, 11) is 8.45. The van der Waals surface area contributed by atoms with Gasteiger partial charge in [0.2, 0.25) is 0 Å². The molecule has 10 heteroatoms. The Labute approximate surface area is 731 Å². The highest BCUT2D eigenvalue weighted by molar-refractivity contribution is 6.12. The van der Waals surface area contributed by atoms with Crippen LogP contribution in [0.25, 0.3) is 178 Å². The Morgan fingerprint density at radius 3 is 1.03 bits per heavy atom.